The zero-order valence-electron chi connectivity index (χ0n) is 6.96. The number of H-pyrrole nitrogens is 1. The minimum atomic E-state index is 0.219. The highest BCUT2D eigenvalue weighted by molar-refractivity contribution is 9.10. The van der Waals surface area contributed by atoms with Crippen LogP contribution < -0.4 is 5.73 Å². The Morgan fingerprint density at radius 1 is 1.36 bits per heavy atom. The van der Waals surface area contributed by atoms with Gasteiger partial charge in [-0.3, -0.25) is 5.10 Å². The number of nitrogens with two attached hydrogens (primary N) is 1. The van der Waals surface area contributed by atoms with Crippen molar-refractivity contribution in [3.63, 3.8) is 0 Å². The summed E-state index contributed by atoms with van der Waals surface area (Å²) in [5, 5.41) is 7.08. The first-order valence-corrected chi connectivity index (χ1v) is 4.96. The van der Waals surface area contributed by atoms with Crippen LogP contribution in [0.1, 0.15) is 0 Å². The summed E-state index contributed by atoms with van der Waals surface area (Å²) in [5.41, 5.74) is 6.24. The maximum Gasteiger partial charge on any atom is 0.239 e. The Morgan fingerprint density at radius 3 is 2.71 bits per heavy atom. The molecule has 0 unspecified atom stereocenters. The molecule has 6 heteroatoms. The molecule has 0 spiro atoms. The molecule has 14 heavy (non-hydrogen) atoms. The summed E-state index contributed by atoms with van der Waals surface area (Å²) < 4.78 is 0.884. The highest BCUT2D eigenvalue weighted by atomic mass is 79.9. The fourth-order valence-corrected chi connectivity index (χ4v) is 1.95. The van der Waals surface area contributed by atoms with Gasteiger partial charge >= 0.3 is 0 Å². The van der Waals surface area contributed by atoms with Crippen molar-refractivity contribution in [3.8, 4) is 11.4 Å². The summed E-state index contributed by atoms with van der Waals surface area (Å²) in [4.78, 5) is 3.99. The van der Waals surface area contributed by atoms with Crippen LogP contribution in [0.3, 0.4) is 0 Å². The van der Waals surface area contributed by atoms with Crippen LogP contribution in [0.4, 0.5) is 5.95 Å². The maximum absolute atomic E-state index is 5.88. The molecule has 1 aromatic heterocycles. The molecule has 2 rings (SSSR count). The molecule has 0 atom stereocenters. The first-order valence-electron chi connectivity index (χ1n) is 3.79. The van der Waals surface area contributed by atoms with Gasteiger partial charge in [-0.2, -0.15) is 4.98 Å². The number of aromatic nitrogens is 3. The van der Waals surface area contributed by atoms with Gasteiger partial charge in [0, 0.05) is 15.1 Å². The highest BCUT2D eigenvalue weighted by Gasteiger charge is 2.05. The van der Waals surface area contributed by atoms with Gasteiger partial charge in [-0.25, -0.2) is 0 Å². The fraction of sp³-hybridized carbons (Fsp3) is 0. The molecular weight excluding hydrogens is 267 g/mol. The Kier molecular flexibility index (Phi) is 2.43. The predicted octanol–water partition coefficient (Wildman–Crippen LogP) is 2.47. The van der Waals surface area contributed by atoms with Crippen molar-refractivity contribution in [3.05, 3.63) is 27.7 Å². The third-order valence-electron chi connectivity index (χ3n) is 1.64. The number of nitrogens with one attached hydrogen (secondary N) is 1. The largest absolute Gasteiger partial charge is 0.366 e. The number of aromatic amines is 1. The van der Waals surface area contributed by atoms with Crippen molar-refractivity contribution in [2.24, 2.45) is 0 Å². The van der Waals surface area contributed by atoms with Gasteiger partial charge in [0.15, 0.2) is 5.82 Å². The molecule has 1 aromatic carbocycles. The minimum absolute atomic E-state index is 0.219. The van der Waals surface area contributed by atoms with E-state index in [1.807, 2.05) is 6.07 Å². The SMILES string of the molecule is Nc1n[nH]c(-c2cc(Cl)cc(Br)c2)n1. The lowest BCUT2D eigenvalue weighted by molar-refractivity contribution is 1.10. The van der Waals surface area contributed by atoms with E-state index >= 15 is 0 Å². The van der Waals surface area contributed by atoms with Gasteiger partial charge in [-0.15, -0.1) is 5.10 Å². The number of nitrogen functional groups attached to an aromatic ring is 1. The third-order valence-corrected chi connectivity index (χ3v) is 2.31. The lowest BCUT2D eigenvalue weighted by atomic mass is 10.2. The summed E-state index contributed by atoms with van der Waals surface area (Å²) >= 11 is 9.22. The Morgan fingerprint density at radius 2 is 2.14 bits per heavy atom. The molecule has 0 aliphatic carbocycles. The summed E-state index contributed by atoms with van der Waals surface area (Å²) in [6.45, 7) is 0. The van der Waals surface area contributed by atoms with Crippen LogP contribution in [0.2, 0.25) is 5.02 Å². The Labute approximate surface area is 93.6 Å². The highest BCUT2D eigenvalue weighted by Crippen LogP contribution is 2.25. The van der Waals surface area contributed by atoms with E-state index in [0.29, 0.717) is 10.8 Å². The van der Waals surface area contributed by atoms with Crippen LogP contribution in [0.15, 0.2) is 22.7 Å². The number of benzene rings is 1. The summed E-state index contributed by atoms with van der Waals surface area (Å²) in [6.07, 6.45) is 0. The van der Waals surface area contributed by atoms with E-state index in [4.69, 9.17) is 17.3 Å². The van der Waals surface area contributed by atoms with Crippen molar-refractivity contribution >= 4 is 33.5 Å². The fourth-order valence-electron chi connectivity index (χ4n) is 1.09. The normalized spacial score (nSPS) is 10.4. The van der Waals surface area contributed by atoms with E-state index < -0.39 is 0 Å². The number of halogens is 2. The molecule has 0 saturated carbocycles. The molecular formula is C8H6BrClN4. The van der Waals surface area contributed by atoms with Crippen LogP contribution in [-0.2, 0) is 0 Å². The maximum atomic E-state index is 5.88. The molecule has 0 aliphatic heterocycles. The third kappa shape index (κ3) is 1.88. The molecule has 0 radical (unpaired) electrons. The molecule has 1 heterocycles. The van der Waals surface area contributed by atoms with Gasteiger partial charge in [0.25, 0.3) is 0 Å². The second-order valence-electron chi connectivity index (χ2n) is 2.70. The molecule has 0 bridgehead atoms. The molecule has 0 fully saturated rings. The van der Waals surface area contributed by atoms with Crippen LogP contribution in [-0.4, -0.2) is 15.2 Å². The van der Waals surface area contributed by atoms with E-state index in [0.717, 1.165) is 10.0 Å². The second-order valence-corrected chi connectivity index (χ2v) is 4.05. The van der Waals surface area contributed by atoms with Crippen LogP contribution >= 0.6 is 27.5 Å². The van der Waals surface area contributed by atoms with E-state index in [-0.39, 0.29) is 5.95 Å². The van der Waals surface area contributed by atoms with Crippen molar-refractivity contribution in [2.45, 2.75) is 0 Å². The molecule has 0 aliphatic rings. The average molecular weight is 274 g/mol. The van der Waals surface area contributed by atoms with Gasteiger partial charge in [0.05, 0.1) is 0 Å². The van der Waals surface area contributed by atoms with Crippen LogP contribution in [0.5, 0.6) is 0 Å². The zero-order valence-corrected chi connectivity index (χ0v) is 9.30. The second kappa shape index (κ2) is 3.59. The summed E-state index contributed by atoms with van der Waals surface area (Å²) in [6, 6.07) is 5.46. The average Bonchev–Trinajstić information content (AvgIpc) is 2.50. The van der Waals surface area contributed by atoms with Crippen molar-refractivity contribution in [2.75, 3.05) is 5.73 Å². The number of rotatable bonds is 1. The Bertz CT molecular complexity index is 448. The number of nitrogens with zero attached hydrogens (tertiary/aromatic N) is 2. The van der Waals surface area contributed by atoms with Gasteiger partial charge in [0.1, 0.15) is 0 Å². The number of anilines is 1. The predicted molar refractivity (Wildman–Crippen MR) is 58.9 cm³/mol. The van der Waals surface area contributed by atoms with Gasteiger partial charge in [-0.05, 0) is 18.2 Å². The minimum Gasteiger partial charge on any atom is -0.366 e. The molecule has 2 aromatic rings. The molecule has 3 N–H and O–H groups in total. The van der Waals surface area contributed by atoms with Gasteiger partial charge < -0.3 is 5.73 Å². The first kappa shape index (κ1) is 9.48. The Balaban J connectivity index is 2.51. The van der Waals surface area contributed by atoms with E-state index in [9.17, 15) is 0 Å². The zero-order chi connectivity index (χ0) is 10.1. The quantitative estimate of drug-likeness (QED) is 0.839. The van der Waals surface area contributed by atoms with Crippen molar-refractivity contribution in [1.82, 2.24) is 15.2 Å². The van der Waals surface area contributed by atoms with E-state index in [1.54, 1.807) is 12.1 Å². The first-order chi connectivity index (χ1) is 6.65. The van der Waals surface area contributed by atoms with Crippen LogP contribution in [0.25, 0.3) is 11.4 Å². The van der Waals surface area contributed by atoms with E-state index in [2.05, 4.69) is 31.1 Å². The van der Waals surface area contributed by atoms with Gasteiger partial charge in [0.2, 0.25) is 5.95 Å². The molecule has 72 valence electrons. The smallest absolute Gasteiger partial charge is 0.239 e. The number of hydrogen-bond donors (Lipinski definition) is 2. The monoisotopic (exact) mass is 272 g/mol. The van der Waals surface area contributed by atoms with Crippen molar-refractivity contribution < 1.29 is 0 Å². The lowest BCUT2D eigenvalue weighted by Crippen LogP contribution is -1.85. The Hall–Kier alpha value is -1.07. The van der Waals surface area contributed by atoms with Crippen LogP contribution in [0, 0.1) is 0 Å². The lowest BCUT2D eigenvalue weighted by Gasteiger charge is -1.98. The summed E-state index contributed by atoms with van der Waals surface area (Å²) in [5.74, 6) is 0.821. The molecule has 4 nitrogen and oxygen atoms in total. The van der Waals surface area contributed by atoms with Gasteiger partial charge in [-0.1, -0.05) is 27.5 Å². The van der Waals surface area contributed by atoms with Crippen molar-refractivity contribution in [1.29, 1.82) is 0 Å². The molecule has 0 amide bonds. The van der Waals surface area contributed by atoms with E-state index in [1.165, 1.54) is 0 Å². The number of hydrogen-bond acceptors (Lipinski definition) is 3. The molecule has 0 saturated heterocycles. The standard InChI is InChI=1S/C8H6BrClN4/c9-5-1-4(2-6(10)3-5)7-12-8(11)14-13-7/h1-3H,(H3,11,12,13,14). The topological polar surface area (TPSA) is 67.6 Å². The summed E-state index contributed by atoms with van der Waals surface area (Å²) in [7, 11) is 0.